The van der Waals surface area contributed by atoms with Crippen LogP contribution in [0.4, 0.5) is 0 Å². The van der Waals surface area contributed by atoms with Crippen molar-refractivity contribution in [3.63, 3.8) is 0 Å². The number of hydrogen-bond donors (Lipinski definition) is 0. The molecule has 0 aliphatic rings. The maximum absolute atomic E-state index is 11.8. The second-order valence-electron chi connectivity index (χ2n) is 3.98. The Hall–Kier alpha value is -2.03. The van der Waals surface area contributed by atoms with Gasteiger partial charge in [-0.05, 0) is 24.5 Å². The normalized spacial score (nSPS) is 10.2. The van der Waals surface area contributed by atoms with Crippen molar-refractivity contribution in [2.75, 3.05) is 0 Å². The first-order valence-electron chi connectivity index (χ1n) is 5.60. The molecule has 0 unspecified atom stereocenters. The molecule has 0 N–H and O–H groups in total. The fraction of sp³-hybridized carbons (Fsp3) is 0.214. The molecule has 0 radical (unpaired) electrons. The van der Waals surface area contributed by atoms with Gasteiger partial charge >= 0.3 is 0 Å². The lowest BCUT2D eigenvalue weighted by Crippen LogP contribution is -2.03. The van der Waals surface area contributed by atoms with Gasteiger partial charge in [0, 0.05) is 18.8 Å². The van der Waals surface area contributed by atoms with Crippen molar-refractivity contribution in [3.05, 3.63) is 59.7 Å². The molecular weight excluding hydrogens is 212 g/mol. The van der Waals surface area contributed by atoms with E-state index in [9.17, 15) is 4.79 Å². The van der Waals surface area contributed by atoms with Crippen LogP contribution in [0.2, 0.25) is 0 Å². The largest absolute Gasteiger partial charge is 0.294 e. The van der Waals surface area contributed by atoms with E-state index in [1.165, 1.54) is 17.5 Å². The topological polar surface area (TPSA) is 42.9 Å². The lowest BCUT2D eigenvalue weighted by atomic mass is 10.0. The molecule has 0 amide bonds. The van der Waals surface area contributed by atoms with Crippen LogP contribution < -0.4 is 0 Å². The molecule has 0 spiro atoms. The Bertz CT molecular complexity index is 509. The maximum atomic E-state index is 11.8. The number of Topliss-reactive ketones (excluding diaryl/α,β-unsaturated/α-hetero) is 1. The summed E-state index contributed by atoms with van der Waals surface area (Å²) in [5, 5.41) is 0. The first-order chi connectivity index (χ1) is 8.27. The average molecular weight is 226 g/mol. The van der Waals surface area contributed by atoms with Gasteiger partial charge in [-0.3, -0.25) is 4.79 Å². The highest BCUT2D eigenvalue weighted by Crippen LogP contribution is 2.11. The van der Waals surface area contributed by atoms with E-state index in [2.05, 4.69) is 29.0 Å². The number of rotatable bonds is 4. The van der Waals surface area contributed by atoms with Crippen molar-refractivity contribution in [1.29, 1.82) is 0 Å². The number of aryl methyl sites for hydroxylation is 2. The molecule has 0 saturated carbocycles. The van der Waals surface area contributed by atoms with Crippen LogP contribution in [0.1, 0.15) is 27.9 Å². The summed E-state index contributed by atoms with van der Waals surface area (Å²) in [5.74, 6) is 0.0915. The Kier molecular flexibility index (Phi) is 3.60. The average Bonchev–Trinajstić information content (AvgIpc) is 2.38. The Morgan fingerprint density at radius 1 is 1.18 bits per heavy atom. The molecule has 0 aliphatic carbocycles. The maximum Gasteiger partial charge on any atom is 0.166 e. The summed E-state index contributed by atoms with van der Waals surface area (Å²) in [4.78, 5) is 19.5. The van der Waals surface area contributed by atoms with Crippen LogP contribution in [0.15, 0.2) is 43.0 Å². The molecule has 0 atom stereocenters. The first-order valence-corrected chi connectivity index (χ1v) is 5.60. The molecule has 0 aliphatic heterocycles. The molecule has 2 aromatic rings. The number of benzene rings is 1. The van der Waals surface area contributed by atoms with E-state index >= 15 is 0 Å². The van der Waals surface area contributed by atoms with Crippen LogP contribution in [-0.4, -0.2) is 15.8 Å². The van der Waals surface area contributed by atoms with Gasteiger partial charge in [-0.1, -0.05) is 24.3 Å². The first kappa shape index (κ1) is 11.5. The predicted octanol–water partition coefficient (Wildman–Crippen LogP) is 2.60. The predicted molar refractivity (Wildman–Crippen MR) is 65.9 cm³/mol. The molecule has 0 saturated heterocycles. The van der Waals surface area contributed by atoms with E-state index in [-0.39, 0.29) is 5.78 Å². The summed E-state index contributed by atoms with van der Waals surface area (Å²) >= 11 is 0. The van der Waals surface area contributed by atoms with Crippen LogP contribution in [0.5, 0.6) is 0 Å². The van der Waals surface area contributed by atoms with Gasteiger partial charge in [-0.25, -0.2) is 9.97 Å². The molecule has 17 heavy (non-hydrogen) atoms. The van der Waals surface area contributed by atoms with Gasteiger partial charge in [0.15, 0.2) is 5.78 Å². The third-order valence-corrected chi connectivity index (χ3v) is 2.77. The SMILES string of the molecule is Cc1ccccc1CCC(=O)c1cncnc1. The number of carbonyl (C=O) groups excluding carboxylic acids is 1. The fourth-order valence-electron chi connectivity index (χ4n) is 1.73. The van der Waals surface area contributed by atoms with Gasteiger partial charge in [0.2, 0.25) is 0 Å². The minimum atomic E-state index is 0.0915. The second kappa shape index (κ2) is 5.34. The van der Waals surface area contributed by atoms with Crippen molar-refractivity contribution < 1.29 is 4.79 Å². The zero-order valence-corrected chi connectivity index (χ0v) is 9.76. The molecule has 0 fully saturated rings. The molecule has 2 rings (SSSR count). The summed E-state index contributed by atoms with van der Waals surface area (Å²) in [5.41, 5.74) is 3.03. The van der Waals surface area contributed by atoms with Gasteiger partial charge in [0.25, 0.3) is 0 Å². The molecule has 0 bridgehead atoms. The van der Waals surface area contributed by atoms with Crippen molar-refractivity contribution in [1.82, 2.24) is 9.97 Å². The summed E-state index contributed by atoms with van der Waals surface area (Å²) in [6.45, 7) is 2.06. The lowest BCUT2D eigenvalue weighted by Gasteiger charge is -2.04. The molecular formula is C14H14N2O. The van der Waals surface area contributed by atoms with Gasteiger partial charge in [0.05, 0.1) is 5.56 Å². The van der Waals surface area contributed by atoms with Gasteiger partial charge < -0.3 is 0 Å². The van der Waals surface area contributed by atoms with Crippen molar-refractivity contribution in [3.8, 4) is 0 Å². The van der Waals surface area contributed by atoms with Crippen LogP contribution in [0.25, 0.3) is 0 Å². The Labute approximate surface area is 101 Å². The monoisotopic (exact) mass is 226 g/mol. The van der Waals surface area contributed by atoms with Crippen molar-refractivity contribution in [2.45, 2.75) is 19.8 Å². The molecule has 1 aromatic heterocycles. The van der Waals surface area contributed by atoms with E-state index in [1.54, 1.807) is 12.4 Å². The van der Waals surface area contributed by atoms with Crippen molar-refractivity contribution >= 4 is 5.78 Å². The molecule has 1 aromatic carbocycles. The van der Waals surface area contributed by atoms with Crippen LogP contribution >= 0.6 is 0 Å². The highest BCUT2D eigenvalue weighted by molar-refractivity contribution is 5.95. The summed E-state index contributed by atoms with van der Waals surface area (Å²) in [6.07, 6.45) is 5.82. The number of ketones is 1. The second-order valence-corrected chi connectivity index (χ2v) is 3.98. The van der Waals surface area contributed by atoms with E-state index in [0.29, 0.717) is 12.0 Å². The Morgan fingerprint density at radius 3 is 2.59 bits per heavy atom. The molecule has 86 valence electrons. The smallest absolute Gasteiger partial charge is 0.166 e. The van der Waals surface area contributed by atoms with E-state index < -0.39 is 0 Å². The third-order valence-electron chi connectivity index (χ3n) is 2.77. The van der Waals surface area contributed by atoms with Crippen LogP contribution in [-0.2, 0) is 6.42 Å². The summed E-state index contributed by atoms with van der Waals surface area (Å²) < 4.78 is 0. The minimum Gasteiger partial charge on any atom is -0.294 e. The third kappa shape index (κ3) is 2.97. The quantitative estimate of drug-likeness (QED) is 0.752. The standard InChI is InChI=1S/C14H14N2O/c1-11-4-2-3-5-12(11)6-7-14(17)13-8-15-10-16-9-13/h2-5,8-10H,6-7H2,1H3. The van der Waals surface area contributed by atoms with Crippen LogP contribution in [0.3, 0.4) is 0 Å². The Morgan fingerprint density at radius 2 is 1.88 bits per heavy atom. The highest BCUT2D eigenvalue weighted by Gasteiger charge is 2.07. The minimum absolute atomic E-state index is 0.0915. The zero-order chi connectivity index (χ0) is 12.1. The van der Waals surface area contributed by atoms with Crippen LogP contribution in [0, 0.1) is 6.92 Å². The zero-order valence-electron chi connectivity index (χ0n) is 9.76. The highest BCUT2D eigenvalue weighted by atomic mass is 16.1. The van der Waals surface area contributed by atoms with E-state index in [4.69, 9.17) is 0 Å². The number of hydrogen-bond acceptors (Lipinski definition) is 3. The number of carbonyl (C=O) groups is 1. The lowest BCUT2D eigenvalue weighted by molar-refractivity contribution is 0.0982. The molecule has 3 nitrogen and oxygen atoms in total. The van der Waals surface area contributed by atoms with Gasteiger partial charge in [-0.15, -0.1) is 0 Å². The fourth-order valence-corrected chi connectivity index (χ4v) is 1.73. The number of nitrogens with zero attached hydrogens (tertiary/aromatic N) is 2. The molecule has 1 heterocycles. The van der Waals surface area contributed by atoms with Gasteiger partial charge in [-0.2, -0.15) is 0 Å². The van der Waals surface area contributed by atoms with Gasteiger partial charge in [0.1, 0.15) is 6.33 Å². The summed E-state index contributed by atoms with van der Waals surface area (Å²) in [7, 11) is 0. The van der Waals surface area contributed by atoms with E-state index in [0.717, 1.165) is 6.42 Å². The Balaban J connectivity index is 2.00. The van der Waals surface area contributed by atoms with E-state index in [1.807, 2.05) is 12.1 Å². The summed E-state index contributed by atoms with van der Waals surface area (Å²) in [6, 6.07) is 8.12. The number of aromatic nitrogens is 2. The molecule has 3 heteroatoms. The van der Waals surface area contributed by atoms with Crippen molar-refractivity contribution in [2.24, 2.45) is 0 Å².